The summed E-state index contributed by atoms with van der Waals surface area (Å²) in [5.41, 5.74) is 2.87. The highest BCUT2D eigenvalue weighted by atomic mass is 19.1. The molecule has 2 heterocycles. The lowest BCUT2D eigenvalue weighted by molar-refractivity contribution is -0.140. The van der Waals surface area contributed by atoms with Crippen molar-refractivity contribution in [2.45, 2.75) is 38.3 Å². The van der Waals surface area contributed by atoms with E-state index in [0.717, 1.165) is 23.1 Å². The molecule has 0 aromatic heterocycles. The highest BCUT2D eigenvalue weighted by molar-refractivity contribution is 6.17. The average Bonchev–Trinajstić information content (AvgIpc) is 2.86. The molecule has 8 heteroatoms. The van der Waals surface area contributed by atoms with E-state index in [2.05, 4.69) is 0 Å². The third-order valence-corrected chi connectivity index (χ3v) is 6.38. The fourth-order valence-electron chi connectivity index (χ4n) is 4.71. The maximum Gasteiger partial charge on any atom is 0.343 e. The minimum Gasteiger partial charge on any atom is -0.493 e. The quantitative estimate of drug-likeness (QED) is 0.299. The molecule has 7 nitrogen and oxygen atoms in total. The summed E-state index contributed by atoms with van der Waals surface area (Å²) in [5.74, 6) is -0.0201. The Kier molecular flexibility index (Phi) is 7.70. The number of carbonyl (C=O) groups is 2. The predicted molar refractivity (Wildman–Crippen MR) is 127 cm³/mol. The van der Waals surface area contributed by atoms with Crippen molar-refractivity contribution in [1.29, 1.82) is 0 Å². The van der Waals surface area contributed by atoms with Gasteiger partial charge in [0.25, 0.3) is 0 Å². The Morgan fingerprint density at radius 1 is 1.06 bits per heavy atom. The molecule has 2 aliphatic rings. The molecular formula is C27H30FNO6. The topological polar surface area (TPSA) is 74.3 Å². The number of ketones is 1. The van der Waals surface area contributed by atoms with Gasteiger partial charge >= 0.3 is 5.97 Å². The van der Waals surface area contributed by atoms with E-state index in [1.165, 1.54) is 12.1 Å². The number of nitrogens with zero attached hydrogens (tertiary/aromatic N) is 1. The lowest BCUT2D eigenvalue weighted by atomic mass is 9.81. The first kappa shape index (κ1) is 24.7. The first-order chi connectivity index (χ1) is 17.0. The first-order valence-electron chi connectivity index (χ1n) is 11.7. The average molecular weight is 484 g/mol. The smallest absolute Gasteiger partial charge is 0.343 e. The van der Waals surface area contributed by atoms with Gasteiger partial charge in [-0.3, -0.25) is 4.79 Å². The summed E-state index contributed by atoms with van der Waals surface area (Å²) in [6.07, 6.45) is 3.04. The molecule has 0 radical (unpaired) electrons. The van der Waals surface area contributed by atoms with Crippen LogP contribution in [0.25, 0.3) is 0 Å². The van der Waals surface area contributed by atoms with Crippen LogP contribution in [0.4, 0.5) is 4.39 Å². The molecule has 2 aromatic rings. The van der Waals surface area contributed by atoms with E-state index in [1.807, 2.05) is 17.0 Å². The lowest BCUT2D eigenvalue weighted by Crippen LogP contribution is -2.40. The number of methoxy groups -OCH3 is 2. The van der Waals surface area contributed by atoms with E-state index < -0.39 is 5.97 Å². The maximum atomic E-state index is 13.7. The maximum absolute atomic E-state index is 13.7. The number of halogens is 1. The molecule has 0 fully saturated rings. The molecule has 2 aliphatic heterocycles. The van der Waals surface area contributed by atoms with Gasteiger partial charge in [-0.15, -0.1) is 0 Å². The number of esters is 1. The molecule has 0 saturated heterocycles. The Bertz CT molecular complexity index is 1110. The van der Waals surface area contributed by atoms with Crippen molar-refractivity contribution in [3.05, 3.63) is 70.7 Å². The van der Waals surface area contributed by atoms with Crippen LogP contribution < -0.4 is 9.47 Å². The van der Waals surface area contributed by atoms with E-state index in [-0.39, 0.29) is 42.3 Å². The zero-order valence-corrected chi connectivity index (χ0v) is 20.2. The van der Waals surface area contributed by atoms with Crippen LogP contribution in [0.2, 0.25) is 0 Å². The summed E-state index contributed by atoms with van der Waals surface area (Å²) < 4.78 is 35.5. The summed E-state index contributed by atoms with van der Waals surface area (Å²) in [6, 6.07) is 9.67. The number of ether oxygens (including phenoxy) is 4. The number of hydrogen-bond donors (Lipinski definition) is 0. The van der Waals surface area contributed by atoms with Gasteiger partial charge in [-0.1, -0.05) is 12.1 Å². The molecule has 35 heavy (non-hydrogen) atoms. The van der Waals surface area contributed by atoms with E-state index in [1.54, 1.807) is 39.5 Å². The summed E-state index contributed by atoms with van der Waals surface area (Å²) in [6.45, 7) is 2.95. The van der Waals surface area contributed by atoms with Crippen molar-refractivity contribution in [3.63, 3.8) is 0 Å². The minimum absolute atomic E-state index is 0.0312. The van der Waals surface area contributed by atoms with Crippen molar-refractivity contribution >= 4 is 11.8 Å². The van der Waals surface area contributed by atoms with Crippen LogP contribution in [0.5, 0.6) is 11.5 Å². The van der Waals surface area contributed by atoms with Gasteiger partial charge in [0.2, 0.25) is 0 Å². The van der Waals surface area contributed by atoms with Gasteiger partial charge in [-0.05, 0) is 54.3 Å². The van der Waals surface area contributed by atoms with Gasteiger partial charge in [0, 0.05) is 32.8 Å². The zero-order valence-electron chi connectivity index (χ0n) is 20.2. The van der Waals surface area contributed by atoms with Crippen molar-refractivity contribution in [2.24, 2.45) is 0 Å². The molecule has 0 saturated carbocycles. The number of fused-ring (bicyclic) bond motifs is 3. The predicted octanol–water partition coefficient (Wildman–Crippen LogP) is 4.31. The minimum atomic E-state index is -0.628. The summed E-state index contributed by atoms with van der Waals surface area (Å²) >= 11 is 0. The van der Waals surface area contributed by atoms with Gasteiger partial charge in [0.05, 0.1) is 32.4 Å². The normalized spacial score (nSPS) is 18.9. The third kappa shape index (κ3) is 5.17. The van der Waals surface area contributed by atoms with Gasteiger partial charge in [-0.2, -0.15) is 0 Å². The Balaban J connectivity index is 1.76. The SMILES string of the molecule is CCOC(=O)C1=CN2C(c3ccc(F)cc3)Cc3cc(OCCCOC)c(OC)cc3C2CC1=O. The molecule has 0 bridgehead atoms. The second-order valence-corrected chi connectivity index (χ2v) is 8.52. The monoisotopic (exact) mass is 483 g/mol. The van der Waals surface area contributed by atoms with Crippen LogP contribution >= 0.6 is 0 Å². The summed E-state index contributed by atoms with van der Waals surface area (Å²) in [5, 5.41) is 0. The highest BCUT2D eigenvalue weighted by Gasteiger charge is 2.41. The van der Waals surface area contributed by atoms with Crippen molar-refractivity contribution in [1.82, 2.24) is 4.90 Å². The highest BCUT2D eigenvalue weighted by Crippen LogP contribution is 2.48. The van der Waals surface area contributed by atoms with Gasteiger partial charge < -0.3 is 23.8 Å². The summed E-state index contributed by atoms with van der Waals surface area (Å²) in [4.78, 5) is 27.5. The zero-order chi connectivity index (χ0) is 24.9. The molecule has 2 aromatic carbocycles. The molecule has 0 spiro atoms. The number of carbonyl (C=O) groups excluding carboxylic acids is 2. The molecule has 4 rings (SSSR count). The van der Waals surface area contributed by atoms with Gasteiger partial charge in [0.15, 0.2) is 17.3 Å². The Hall–Kier alpha value is -3.39. The fourth-order valence-corrected chi connectivity index (χ4v) is 4.71. The van der Waals surface area contributed by atoms with Crippen LogP contribution in [-0.4, -0.2) is 50.7 Å². The molecule has 2 atom stereocenters. The van der Waals surface area contributed by atoms with Crippen LogP contribution in [0.15, 0.2) is 48.2 Å². The van der Waals surface area contributed by atoms with E-state index in [0.29, 0.717) is 31.1 Å². The van der Waals surface area contributed by atoms with Crippen LogP contribution in [-0.2, 0) is 25.5 Å². The molecule has 186 valence electrons. The standard InChI is InChI=1S/C27H30FNO6/c1-4-34-27(31)21-16-29-22(17-6-8-19(28)9-7-17)12-18-13-26(35-11-5-10-32-2)25(33-3)14-20(18)23(29)15-24(21)30/h6-9,13-14,16,22-23H,4-5,10-12,15H2,1-3H3. The number of benzene rings is 2. The van der Waals surface area contributed by atoms with Crippen LogP contribution in [0.1, 0.15) is 48.5 Å². The van der Waals surface area contributed by atoms with Crippen LogP contribution in [0, 0.1) is 5.82 Å². The first-order valence-corrected chi connectivity index (χ1v) is 11.7. The lowest BCUT2D eigenvalue weighted by Gasteiger charge is -2.45. The Morgan fingerprint density at radius 3 is 2.51 bits per heavy atom. The summed E-state index contributed by atoms with van der Waals surface area (Å²) in [7, 11) is 3.23. The Labute approximate surface area is 204 Å². The Morgan fingerprint density at radius 2 is 1.83 bits per heavy atom. The van der Waals surface area contributed by atoms with E-state index >= 15 is 0 Å². The van der Waals surface area contributed by atoms with Crippen LogP contribution in [0.3, 0.4) is 0 Å². The largest absolute Gasteiger partial charge is 0.493 e. The second kappa shape index (κ2) is 10.9. The number of Topliss-reactive ketones (excluding diaryl/α,β-unsaturated/α-hetero) is 1. The molecule has 0 aliphatic carbocycles. The molecule has 2 unspecified atom stereocenters. The third-order valence-electron chi connectivity index (χ3n) is 6.38. The second-order valence-electron chi connectivity index (χ2n) is 8.52. The molecular weight excluding hydrogens is 453 g/mol. The van der Waals surface area contributed by atoms with Crippen molar-refractivity contribution in [3.8, 4) is 11.5 Å². The molecule has 0 N–H and O–H groups in total. The molecule has 0 amide bonds. The van der Waals surface area contributed by atoms with Gasteiger partial charge in [-0.25, -0.2) is 9.18 Å². The van der Waals surface area contributed by atoms with E-state index in [9.17, 15) is 14.0 Å². The van der Waals surface area contributed by atoms with Gasteiger partial charge in [0.1, 0.15) is 11.4 Å². The van der Waals surface area contributed by atoms with E-state index in [4.69, 9.17) is 18.9 Å². The number of hydrogen-bond acceptors (Lipinski definition) is 7. The number of rotatable bonds is 9. The fraction of sp³-hybridized carbons (Fsp3) is 0.407. The van der Waals surface area contributed by atoms with Crippen molar-refractivity contribution in [2.75, 3.05) is 34.0 Å². The van der Waals surface area contributed by atoms with Crippen molar-refractivity contribution < 1.29 is 32.9 Å².